The summed E-state index contributed by atoms with van der Waals surface area (Å²) in [6.45, 7) is 2.40. The molecule has 4 rings (SSSR count). The number of rotatable bonds is 4. The highest BCUT2D eigenvalue weighted by Gasteiger charge is 2.33. The maximum Gasteiger partial charge on any atom is 0.123 e. The first-order valence-corrected chi connectivity index (χ1v) is 9.33. The van der Waals surface area contributed by atoms with Crippen molar-refractivity contribution in [1.29, 1.82) is 0 Å². The Morgan fingerprint density at radius 3 is 2.33 bits per heavy atom. The molecule has 3 aromatic rings. The quantitative estimate of drug-likeness (QED) is 0.749. The fourth-order valence-corrected chi connectivity index (χ4v) is 3.75. The van der Waals surface area contributed by atoms with Gasteiger partial charge in [-0.05, 0) is 47.7 Å². The average molecular weight is 362 g/mol. The van der Waals surface area contributed by atoms with Crippen LogP contribution < -0.4 is 0 Å². The molecule has 27 heavy (non-hydrogen) atoms. The van der Waals surface area contributed by atoms with E-state index in [4.69, 9.17) is 0 Å². The van der Waals surface area contributed by atoms with E-state index in [1.165, 1.54) is 17.7 Å². The molecule has 1 aliphatic heterocycles. The zero-order valence-corrected chi connectivity index (χ0v) is 15.2. The molecule has 1 fully saturated rings. The summed E-state index contributed by atoms with van der Waals surface area (Å²) in [6.07, 6.45) is 5.09. The van der Waals surface area contributed by atoms with Gasteiger partial charge in [0.15, 0.2) is 0 Å². The van der Waals surface area contributed by atoms with E-state index in [9.17, 15) is 9.50 Å². The third-order valence-electron chi connectivity index (χ3n) is 5.37. The summed E-state index contributed by atoms with van der Waals surface area (Å²) >= 11 is 0. The zero-order chi connectivity index (χ0) is 18.7. The van der Waals surface area contributed by atoms with E-state index in [1.54, 1.807) is 12.1 Å². The Balaban J connectivity index is 1.42. The summed E-state index contributed by atoms with van der Waals surface area (Å²) in [5.74, 6) is -0.273. The van der Waals surface area contributed by atoms with Gasteiger partial charge in [-0.15, -0.1) is 0 Å². The van der Waals surface area contributed by atoms with Crippen LogP contribution in [0.15, 0.2) is 73.1 Å². The number of aliphatic hydroxyl groups is 1. The standard InChI is InChI=1S/C23H23FN2O/c24-22-8-6-21(7-9-22)23(27)10-12-26(13-11-23)17-18-14-20(16-25-15-18)19-4-2-1-3-5-19/h1-9,14-16,27H,10-13,17H2. The number of hydrogen-bond donors (Lipinski definition) is 1. The van der Waals surface area contributed by atoms with Gasteiger partial charge in [0.1, 0.15) is 5.82 Å². The van der Waals surface area contributed by atoms with Crippen molar-refractivity contribution in [3.8, 4) is 11.1 Å². The van der Waals surface area contributed by atoms with Gasteiger partial charge >= 0.3 is 0 Å². The molecule has 138 valence electrons. The van der Waals surface area contributed by atoms with Crippen molar-refractivity contribution in [1.82, 2.24) is 9.88 Å². The van der Waals surface area contributed by atoms with Crippen LogP contribution in [0.2, 0.25) is 0 Å². The van der Waals surface area contributed by atoms with Gasteiger partial charge in [-0.1, -0.05) is 42.5 Å². The molecule has 1 aromatic heterocycles. The second-order valence-electron chi connectivity index (χ2n) is 7.26. The van der Waals surface area contributed by atoms with Crippen LogP contribution in [-0.2, 0) is 12.1 Å². The molecular formula is C23H23FN2O. The zero-order valence-electron chi connectivity index (χ0n) is 15.2. The monoisotopic (exact) mass is 362 g/mol. The van der Waals surface area contributed by atoms with Crippen LogP contribution in [0.3, 0.4) is 0 Å². The van der Waals surface area contributed by atoms with Gasteiger partial charge in [-0.2, -0.15) is 0 Å². The minimum absolute atomic E-state index is 0.273. The molecule has 0 spiro atoms. The first-order valence-electron chi connectivity index (χ1n) is 9.33. The highest BCUT2D eigenvalue weighted by atomic mass is 19.1. The van der Waals surface area contributed by atoms with Crippen molar-refractivity contribution in [3.05, 3.63) is 90.0 Å². The Morgan fingerprint density at radius 1 is 0.926 bits per heavy atom. The topological polar surface area (TPSA) is 36.4 Å². The lowest BCUT2D eigenvalue weighted by Crippen LogP contribution is -2.42. The van der Waals surface area contributed by atoms with E-state index >= 15 is 0 Å². The number of likely N-dealkylation sites (tertiary alicyclic amines) is 1. The summed E-state index contributed by atoms with van der Waals surface area (Å²) in [6, 6.07) is 18.7. The number of nitrogens with zero attached hydrogens (tertiary/aromatic N) is 2. The average Bonchev–Trinajstić information content (AvgIpc) is 2.71. The summed E-state index contributed by atoms with van der Waals surface area (Å²) < 4.78 is 13.1. The van der Waals surface area contributed by atoms with Gasteiger partial charge in [0.2, 0.25) is 0 Å². The maximum atomic E-state index is 13.1. The number of pyridine rings is 1. The first-order chi connectivity index (χ1) is 13.1. The van der Waals surface area contributed by atoms with Crippen LogP contribution in [-0.4, -0.2) is 28.1 Å². The number of piperidine rings is 1. The number of halogens is 1. The van der Waals surface area contributed by atoms with Crippen LogP contribution in [0, 0.1) is 5.82 Å². The second-order valence-corrected chi connectivity index (χ2v) is 7.26. The Morgan fingerprint density at radius 2 is 1.63 bits per heavy atom. The van der Waals surface area contributed by atoms with E-state index in [0.717, 1.165) is 36.3 Å². The highest BCUT2D eigenvalue weighted by molar-refractivity contribution is 5.62. The number of aromatic nitrogens is 1. The summed E-state index contributed by atoms with van der Waals surface area (Å²) in [4.78, 5) is 6.74. The molecule has 1 N–H and O–H groups in total. The number of benzene rings is 2. The molecule has 1 aliphatic rings. The molecule has 0 aliphatic carbocycles. The van der Waals surface area contributed by atoms with Gasteiger partial charge in [0.05, 0.1) is 5.60 Å². The molecule has 4 heteroatoms. The molecule has 2 aromatic carbocycles. The van der Waals surface area contributed by atoms with Crippen LogP contribution in [0.25, 0.3) is 11.1 Å². The Hall–Kier alpha value is -2.56. The van der Waals surface area contributed by atoms with Crippen molar-refractivity contribution in [2.75, 3.05) is 13.1 Å². The van der Waals surface area contributed by atoms with Crippen molar-refractivity contribution >= 4 is 0 Å². The lowest BCUT2D eigenvalue weighted by molar-refractivity contribution is -0.0277. The fraction of sp³-hybridized carbons (Fsp3) is 0.261. The van der Waals surface area contributed by atoms with Crippen LogP contribution in [0.1, 0.15) is 24.0 Å². The first kappa shape index (κ1) is 17.8. The largest absolute Gasteiger partial charge is 0.385 e. The van der Waals surface area contributed by atoms with Gasteiger partial charge in [-0.25, -0.2) is 4.39 Å². The van der Waals surface area contributed by atoms with Gasteiger partial charge in [0.25, 0.3) is 0 Å². The minimum Gasteiger partial charge on any atom is -0.385 e. The second kappa shape index (κ2) is 7.59. The lowest BCUT2D eigenvalue weighted by atomic mass is 9.84. The lowest BCUT2D eigenvalue weighted by Gasteiger charge is -2.38. The van der Waals surface area contributed by atoms with E-state index in [-0.39, 0.29) is 5.82 Å². The smallest absolute Gasteiger partial charge is 0.123 e. The Kier molecular flexibility index (Phi) is 5.01. The molecule has 2 heterocycles. The van der Waals surface area contributed by atoms with Gasteiger partial charge in [0, 0.05) is 37.6 Å². The molecular weight excluding hydrogens is 339 g/mol. The van der Waals surface area contributed by atoms with Gasteiger partial charge < -0.3 is 5.11 Å². The Labute approximate surface area is 159 Å². The van der Waals surface area contributed by atoms with Crippen molar-refractivity contribution < 1.29 is 9.50 Å². The van der Waals surface area contributed by atoms with Crippen LogP contribution in [0.4, 0.5) is 4.39 Å². The molecule has 0 saturated carbocycles. The molecule has 0 amide bonds. The molecule has 0 radical (unpaired) electrons. The number of hydrogen-bond acceptors (Lipinski definition) is 3. The van der Waals surface area contributed by atoms with Crippen molar-refractivity contribution in [2.24, 2.45) is 0 Å². The third-order valence-corrected chi connectivity index (χ3v) is 5.37. The normalized spacial score (nSPS) is 17.0. The van der Waals surface area contributed by atoms with Crippen molar-refractivity contribution in [3.63, 3.8) is 0 Å². The fourth-order valence-electron chi connectivity index (χ4n) is 3.75. The van der Waals surface area contributed by atoms with Crippen LogP contribution >= 0.6 is 0 Å². The van der Waals surface area contributed by atoms with E-state index in [1.807, 2.05) is 30.6 Å². The molecule has 1 saturated heterocycles. The summed E-state index contributed by atoms with van der Waals surface area (Å²) in [5, 5.41) is 10.9. The molecule has 0 bridgehead atoms. The predicted molar refractivity (Wildman–Crippen MR) is 104 cm³/mol. The maximum absolute atomic E-state index is 13.1. The Bertz CT molecular complexity index is 888. The van der Waals surface area contributed by atoms with E-state index in [0.29, 0.717) is 12.8 Å². The molecule has 0 unspecified atom stereocenters. The minimum atomic E-state index is -0.867. The third kappa shape index (κ3) is 4.07. The summed E-state index contributed by atoms with van der Waals surface area (Å²) in [5.41, 5.74) is 3.39. The summed E-state index contributed by atoms with van der Waals surface area (Å²) in [7, 11) is 0. The highest BCUT2D eigenvalue weighted by Crippen LogP contribution is 2.33. The SMILES string of the molecule is OC1(c2ccc(F)cc2)CCN(Cc2cncc(-c3ccccc3)c2)CC1. The molecule has 0 atom stereocenters. The van der Waals surface area contributed by atoms with Crippen molar-refractivity contribution in [2.45, 2.75) is 25.0 Å². The predicted octanol–water partition coefficient (Wildman–Crippen LogP) is 4.37. The van der Waals surface area contributed by atoms with Gasteiger partial charge in [-0.3, -0.25) is 9.88 Å². The van der Waals surface area contributed by atoms with E-state index < -0.39 is 5.60 Å². The van der Waals surface area contributed by atoms with E-state index in [2.05, 4.69) is 28.1 Å². The molecule has 3 nitrogen and oxygen atoms in total. The van der Waals surface area contributed by atoms with Crippen LogP contribution in [0.5, 0.6) is 0 Å².